The molecule has 0 fully saturated rings. The standard InChI is InChI=1S/C12H14ClFN2O3/c1-2-10(11(17)18)16-12(19)15-6-7-3-4-9(14)8(13)5-7/h3-5,10H,2,6H2,1H3,(H,17,18)(H2,15,16,19)/t10-/m1/s1. The van der Waals surface area contributed by atoms with E-state index in [0.29, 0.717) is 5.56 Å². The molecule has 0 unspecified atom stereocenters. The molecular weight excluding hydrogens is 275 g/mol. The van der Waals surface area contributed by atoms with Crippen molar-refractivity contribution in [3.05, 3.63) is 34.6 Å². The van der Waals surface area contributed by atoms with Crippen molar-refractivity contribution in [3.63, 3.8) is 0 Å². The van der Waals surface area contributed by atoms with Crippen LogP contribution in [-0.2, 0) is 11.3 Å². The van der Waals surface area contributed by atoms with E-state index in [0.717, 1.165) is 0 Å². The minimum atomic E-state index is -1.09. The molecule has 7 heteroatoms. The highest BCUT2D eigenvalue weighted by Gasteiger charge is 2.17. The molecule has 0 aromatic heterocycles. The van der Waals surface area contributed by atoms with Gasteiger partial charge < -0.3 is 15.7 Å². The number of rotatable bonds is 5. The fraction of sp³-hybridized carbons (Fsp3) is 0.333. The molecule has 0 spiro atoms. The van der Waals surface area contributed by atoms with E-state index < -0.39 is 23.9 Å². The van der Waals surface area contributed by atoms with E-state index in [1.54, 1.807) is 6.92 Å². The lowest BCUT2D eigenvalue weighted by Gasteiger charge is -2.13. The van der Waals surface area contributed by atoms with Crippen LogP contribution in [0.15, 0.2) is 18.2 Å². The molecule has 1 atom stereocenters. The van der Waals surface area contributed by atoms with Crippen LogP contribution in [0.1, 0.15) is 18.9 Å². The highest BCUT2D eigenvalue weighted by Crippen LogP contribution is 2.15. The number of benzene rings is 1. The van der Waals surface area contributed by atoms with Crippen LogP contribution in [0.3, 0.4) is 0 Å². The SMILES string of the molecule is CC[C@@H](NC(=O)NCc1ccc(F)c(Cl)c1)C(=O)O. The summed E-state index contributed by atoms with van der Waals surface area (Å²) in [5, 5.41) is 13.5. The third-order valence-electron chi connectivity index (χ3n) is 2.45. The molecule has 0 saturated heterocycles. The number of hydrogen-bond donors (Lipinski definition) is 3. The summed E-state index contributed by atoms with van der Waals surface area (Å²) in [6.45, 7) is 1.78. The van der Waals surface area contributed by atoms with Crippen molar-refractivity contribution >= 4 is 23.6 Å². The van der Waals surface area contributed by atoms with Gasteiger partial charge in [-0.15, -0.1) is 0 Å². The maximum atomic E-state index is 12.9. The maximum absolute atomic E-state index is 12.9. The number of carboxylic acid groups (broad SMARTS) is 1. The molecule has 0 aliphatic heterocycles. The monoisotopic (exact) mass is 288 g/mol. The zero-order chi connectivity index (χ0) is 14.4. The summed E-state index contributed by atoms with van der Waals surface area (Å²) in [5.41, 5.74) is 0.616. The van der Waals surface area contributed by atoms with Crippen LogP contribution >= 0.6 is 11.6 Å². The number of carbonyl (C=O) groups is 2. The Hall–Kier alpha value is -1.82. The van der Waals surface area contributed by atoms with Gasteiger partial charge in [-0.1, -0.05) is 24.6 Å². The summed E-state index contributed by atoms with van der Waals surface area (Å²) >= 11 is 5.60. The van der Waals surface area contributed by atoms with Crippen molar-refractivity contribution in [2.24, 2.45) is 0 Å². The number of halogens is 2. The van der Waals surface area contributed by atoms with E-state index in [1.165, 1.54) is 18.2 Å². The normalized spacial score (nSPS) is 11.7. The number of carboxylic acids is 1. The van der Waals surface area contributed by atoms with Crippen molar-refractivity contribution in [3.8, 4) is 0 Å². The predicted octanol–water partition coefficient (Wildman–Crippen LogP) is 2.14. The molecule has 1 rings (SSSR count). The van der Waals surface area contributed by atoms with Crippen LogP contribution in [0.2, 0.25) is 5.02 Å². The molecule has 3 N–H and O–H groups in total. The van der Waals surface area contributed by atoms with E-state index >= 15 is 0 Å². The first kappa shape index (κ1) is 15.2. The van der Waals surface area contributed by atoms with Crippen molar-refractivity contribution in [2.45, 2.75) is 25.9 Å². The molecular formula is C12H14ClFN2O3. The van der Waals surface area contributed by atoms with Crippen LogP contribution in [0.5, 0.6) is 0 Å². The second-order valence-corrected chi connectivity index (χ2v) is 4.28. The van der Waals surface area contributed by atoms with E-state index in [4.69, 9.17) is 16.7 Å². The van der Waals surface area contributed by atoms with Crippen molar-refractivity contribution in [1.29, 1.82) is 0 Å². The van der Waals surface area contributed by atoms with Gasteiger partial charge in [0.05, 0.1) is 5.02 Å². The first-order valence-electron chi connectivity index (χ1n) is 5.65. The quantitative estimate of drug-likeness (QED) is 0.777. The molecule has 0 aliphatic rings. The lowest BCUT2D eigenvalue weighted by Crippen LogP contribution is -2.45. The number of hydrogen-bond acceptors (Lipinski definition) is 2. The predicted molar refractivity (Wildman–Crippen MR) is 68.5 cm³/mol. The molecule has 1 aromatic carbocycles. The van der Waals surface area contributed by atoms with Crippen LogP contribution in [0.4, 0.5) is 9.18 Å². The summed E-state index contributed by atoms with van der Waals surface area (Å²) in [4.78, 5) is 22.2. The number of aliphatic carboxylic acids is 1. The second kappa shape index (κ2) is 6.94. The zero-order valence-corrected chi connectivity index (χ0v) is 11.0. The van der Waals surface area contributed by atoms with Crippen LogP contribution in [0, 0.1) is 5.82 Å². The summed E-state index contributed by atoms with van der Waals surface area (Å²) in [6, 6.07) is 2.54. The van der Waals surface area contributed by atoms with Gasteiger partial charge in [0.1, 0.15) is 11.9 Å². The van der Waals surface area contributed by atoms with Gasteiger partial charge in [-0.2, -0.15) is 0 Å². The molecule has 0 aliphatic carbocycles. The third-order valence-corrected chi connectivity index (χ3v) is 2.74. The average Bonchev–Trinajstić information content (AvgIpc) is 2.37. The molecule has 0 saturated carbocycles. The Morgan fingerprint density at radius 3 is 2.68 bits per heavy atom. The van der Waals surface area contributed by atoms with Crippen LogP contribution in [0.25, 0.3) is 0 Å². The van der Waals surface area contributed by atoms with Crippen LogP contribution in [-0.4, -0.2) is 23.1 Å². The van der Waals surface area contributed by atoms with E-state index in [9.17, 15) is 14.0 Å². The molecule has 0 radical (unpaired) electrons. The van der Waals surface area contributed by atoms with Gasteiger partial charge in [0.25, 0.3) is 0 Å². The van der Waals surface area contributed by atoms with E-state index in [-0.39, 0.29) is 18.0 Å². The van der Waals surface area contributed by atoms with Crippen LogP contribution < -0.4 is 10.6 Å². The summed E-state index contributed by atoms with van der Waals surface area (Å²) in [7, 11) is 0. The Bertz CT molecular complexity index is 482. The summed E-state index contributed by atoms with van der Waals surface area (Å²) < 4.78 is 12.9. The smallest absolute Gasteiger partial charge is 0.326 e. The van der Waals surface area contributed by atoms with E-state index in [1.807, 2.05) is 0 Å². The molecule has 0 bridgehead atoms. The maximum Gasteiger partial charge on any atom is 0.326 e. The highest BCUT2D eigenvalue weighted by atomic mass is 35.5. The second-order valence-electron chi connectivity index (χ2n) is 3.87. The summed E-state index contributed by atoms with van der Waals surface area (Å²) in [5.74, 6) is -1.63. The first-order chi connectivity index (χ1) is 8.93. The van der Waals surface area contributed by atoms with Gasteiger partial charge in [-0.05, 0) is 24.1 Å². The highest BCUT2D eigenvalue weighted by molar-refractivity contribution is 6.30. The first-order valence-corrected chi connectivity index (χ1v) is 6.03. The largest absolute Gasteiger partial charge is 0.480 e. The minimum absolute atomic E-state index is 0.0309. The Morgan fingerprint density at radius 2 is 2.16 bits per heavy atom. The Labute approximate surface area is 114 Å². The average molecular weight is 289 g/mol. The van der Waals surface area contributed by atoms with E-state index in [2.05, 4.69) is 10.6 Å². The zero-order valence-electron chi connectivity index (χ0n) is 10.2. The molecule has 19 heavy (non-hydrogen) atoms. The molecule has 0 heterocycles. The van der Waals surface area contributed by atoms with Gasteiger partial charge in [-0.3, -0.25) is 0 Å². The Morgan fingerprint density at radius 1 is 1.47 bits per heavy atom. The Balaban J connectivity index is 2.49. The molecule has 5 nitrogen and oxygen atoms in total. The van der Waals surface area contributed by atoms with Gasteiger partial charge in [-0.25, -0.2) is 14.0 Å². The van der Waals surface area contributed by atoms with Gasteiger partial charge >= 0.3 is 12.0 Å². The lowest BCUT2D eigenvalue weighted by molar-refractivity contribution is -0.139. The van der Waals surface area contributed by atoms with Crippen molar-refractivity contribution in [2.75, 3.05) is 0 Å². The topological polar surface area (TPSA) is 78.4 Å². The fourth-order valence-electron chi connectivity index (χ4n) is 1.38. The molecule has 1 aromatic rings. The van der Waals surface area contributed by atoms with Gasteiger partial charge in [0.2, 0.25) is 0 Å². The van der Waals surface area contributed by atoms with Gasteiger partial charge in [0, 0.05) is 6.54 Å². The third kappa shape index (κ3) is 4.75. The Kier molecular flexibility index (Phi) is 5.57. The number of amides is 2. The fourth-order valence-corrected chi connectivity index (χ4v) is 1.58. The number of nitrogens with one attached hydrogen (secondary N) is 2. The minimum Gasteiger partial charge on any atom is -0.480 e. The van der Waals surface area contributed by atoms with Crippen molar-refractivity contribution < 1.29 is 19.1 Å². The van der Waals surface area contributed by atoms with Crippen molar-refractivity contribution in [1.82, 2.24) is 10.6 Å². The summed E-state index contributed by atoms with van der Waals surface area (Å²) in [6.07, 6.45) is 0.283. The molecule has 2 amide bonds. The molecule has 104 valence electrons. The van der Waals surface area contributed by atoms with Gasteiger partial charge in [0.15, 0.2) is 0 Å². The number of carbonyl (C=O) groups excluding carboxylic acids is 1. The number of urea groups is 1. The lowest BCUT2D eigenvalue weighted by atomic mass is 10.2.